The Hall–Kier alpha value is -2.22. The Balaban J connectivity index is 1.96. The number of pyridine rings is 1. The lowest BCUT2D eigenvalue weighted by molar-refractivity contribution is -0.142. The zero-order valence-corrected chi connectivity index (χ0v) is 15.9. The van der Waals surface area contributed by atoms with Crippen molar-refractivity contribution in [1.82, 2.24) is 9.97 Å². The highest BCUT2D eigenvalue weighted by molar-refractivity contribution is 7.19. The zero-order valence-electron chi connectivity index (χ0n) is 14.3. The molecule has 3 aromatic heterocycles. The number of hydrogen-bond acceptors (Lipinski definition) is 7. The van der Waals surface area contributed by atoms with Crippen molar-refractivity contribution in [2.45, 2.75) is 20.0 Å². The highest BCUT2D eigenvalue weighted by Crippen LogP contribution is 2.36. The summed E-state index contributed by atoms with van der Waals surface area (Å²) in [7, 11) is 1.61. The van der Waals surface area contributed by atoms with Crippen molar-refractivity contribution in [3.8, 4) is 22.1 Å². The van der Waals surface area contributed by atoms with E-state index >= 15 is 0 Å². The Morgan fingerprint density at radius 2 is 2.15 bits per heavy atom. The molecule has 0 aliphatic heterocycles. The summed E-state index contributed by atoms with van der Waals surface area (Å²) in [6, 6.07) is 7.31. The summed E-state index contributed by atoms with van der Waals surface area (Å²) in [4.78, 5) is 21.5. The van der Waals surface area contributed by atoms with Gasteiger partial charge in [0.05, 0.1) is 45.8 Å². The van der Waals surface area contributed by atoms with Crippen LogP contribution in [0.1, 0.15) is 18.3 Å². The second-order valence-corrected chi connectivity index (χ2v) is 7.07. The zero-order chi connectivity index (χ0) is 18.5. The van der Waals surface area contributed by atoms with Crippen LogP contribution in [-0.2, 0) is 27.3 Å². The number of nitrogens with zero attached hydrogens (tertiary/aromatic N) is 2. The summed E-state index contributed by atoms with van der Waals surface area (Å²) in [6.07, 6.45) is 1.69. The van der Waals surface area contributed by atoms with E-state index in [2.05, 4.69) is 9.97 Å². The first-order valence-corrected chi connectivity index (χ1v) is 9.15. The van der Waals surface area contributed by atoms with E-state index < -0.39 is 0 Å². The van der Waals surface area contributed by atoms with Crippen LogP contribution in [0.2, 0.25) is 4.34 Å². The molecule has 26 heavy (non-hydrogen) atoms. The summed E-state index contributed by atoms with van der Waals surface area (Å²) in [5.41, 5.74) is 2.03. The van der Waals surface area contributed by atoms with Gasteiger partial charge in [-0.15, -0.1) is 11.3 Å². The van der Waals surface area contributed by atoms with E-state index in [0.717, 1.165) is 10.6 Å². The van der Waals surface area contributed by atoms with Gasteiger partial charge in [-0.2, -0.15) is 0 Å². The number of hydrogen-bond donors (Lipinski definition) is 0. The SMILES string of the molecule is CCOC(=O)Cc1nc(-c2ccc(COC)nc2)oc1-c1ccc(Cl)s1. The number of rotatable bonds is 7. The van der Waals surface area contributed by atoms with Gasteiger partial charge in [-0.05, 0) is 31.2 Å². The Morgan fingerprint density at radius 1 is 1.31 bits per heavy atom. The molecule has 3 heterocycles. The third-order valence-electron chi connectivity index (χ3n) is 3.48. The van der Waals surface area contributed by atoms with Crippen molar-refractivity contribution in [3.05, 3.63) is 46.2 Å². The molecule has 0 amide bonds. The van der Waals surface area contributed by atoms with Crippen LogP contribution in [0.3, 0.4) is 0 Å². The summed E-state index contributed by atoms with van der Waals surface area (Å²) in [5.74, 6) is 0.552. The van der Waals surface area contributed by atoms with Crippen molar-refractivity contribution < 1.29 is 18.7 Å². The maximum absolute atomic E-state index is 11.9. The molecule has 0 saturated heterocycles. The maximum Gasteiger partial charge on any atom is 0.312 e. The second-order valence-electron chi connectivity index (χ2n) is 5.35. The molecule has 3 rings (SSSR count). The molecule has 0 aliphatic carbocycles. The van der Waals surface area contributed by atoms with Crippen LogP contribution in [0.25, 0.3) is 22.1 Å². The Kier molecular flexibility index (Phi) is 6.03. The van der Waals surface area contributed by atoms with Crippen LogP contribution in [-0.4, -0.2) is 29.7 Å². The van der Waals surface area contributed by atoms with Gasteiger partial charge in [0.25, 0.3) is 0 Å². The minimum absolute atomic E-state index is 0.0252. The van der Waals surface area contributed by atoms with E-state index in [9.17, 15) is 4.79 Å². The highest BCUT2D eigenvalue weighted by Gasteiger charge is 2.21. The van der Waals surface area contributed by atoms with Gasteiger partial charge in [-0.3, -0.25) is 9.78 Å². The smallest absolute Gasteiger partial charge is 0.312 e. The molecule has 0 saturated carbocycles. The van der Waals surface area contributed by atoms with E-state index in [1.165, 1.54) is 11.3 Å². The van der Waals surface area contributed by atoms with E-state index in [1.807, 2.05) is 18.2 Å². The molecule has 0 fully saturated rings. The largest absolute Gasteiger partial charge is 0.466 e. The third kappa shape index (κ3) is 4.30. The molecule has 0 aliphatic rings. The molecule has 3 aromatic rings. The van der Waals surface area contributed by atoms with E-state index in [0.29, 0.717) is 40.5 Å². The lowest BCUT2D eigenvalue weighted by Gasteiger charge is -2.00. The fourth-order valence-electron chi connectivity index (χ4n) is 2.36. The number of methoxy groups -OCH3 is 1. The van der Waals surface area contributed by atoms with E-state index in [4.69, 9.17) is 25.5 Å². The summed E-state index contributed by atoms with van der Waals surface area (Å²) in [6.45, 7) is 2.51. The van der Waals surface area contributed by atoms with Crippen molar-refractivity contribution in [1.29, 1.82) is 0 Å². The molecule has 0 unspecified atom stereocenters. The normalized spacial score (nSPS) is 10.9. The van der Waals surface area contributed by atoms with Crippen molar-refractivity contribution in [2.24, 2.45) is 0 Å². The van der Waals surface area contributed by atoms with E-state index in [1.54, 1.807) is 26.3 Å². The minimum Gasteiger partial charge on any atom is -0.466 e. The standard InChI is InChI=1S/C18H17ClN2O4S/c1-3-24-16(22)8-13-17(14-6-7-15(19)26-14)25-18(21-13)11-4-5-12(10-23-2)20-9-11/h4-7,9H,3,8,10H2,1-2H3. The van der Waals surface area contributed by atoms with Gasteiger partial charge in [0, 0.05) is 13.3 Å². The number of carbonyl (C=O) groups excluding carboxylic acids is 1. The molecule has 6 nitrogen and oxygen atoms in total. The molecule has 136 valence electrons. The lowest BCUT2D eigenvalue weighted by Crippen LogP contribution is -2.08. The fraction of sp³-hybridized carbons (Fsp3) is 0.278. The quantitative estimate of drug-likeness (QED) is 0.556. The summed E-state index contributed by atoms with van der Waals surface area (Å²) < 4.78 is 16.7. The van der Waals surface area contributed by atoms with Crippen molar-refractivity contribution >= 4 is 28.9 Å². The number of carbonyl (C=O) groups is 1. The highest BCUT2D eigenvalue weighted by atomic mass is 35.5. The number of aromatic nitrogens is 2. The van der Waals surface area contributed by atoms with Crippen LogP contribution < -0.4 is 0 Å². The molecule has 0 bridgehead atoms. The Morgan fingerprint density at radius 3 is 2.77 bits per heavy atom. The molecule has 0 radical (unpaired) electrons. The predicted molar refractivity (Wildman–Crippen MR) is 99.1 cm³/mol. The molecule has 0 spiro atoms. The first kappa shape index (κ1) is 18.6. The predicted octanol–water partition coefficient (Wildman–Crippen LogP) is 4.37. The molecular formula is C18H17ClN2O4S. The number of ether oxygens (including phenoxy) is 2. The topological polar surface area (TPSA) is 74.5 Å². The summed E-state index contributed by atoms with van der Waals surface area (Å²) in [5, 5.41) is 0. The Labute approximate surface area is 159 Å². The molecule has 0 N–H and O–H groups in total. The number of oxazole rings is 1. The van der Waals surface area contributed by atoms with E-state index in [-0.39, 0.29) is 12.4 Å². The van der Waals surface area contributed by atoms with Crippen LogP contribution in [0.4, 0.5) is 0 Å². The average molecular weight is 393 g/mol. The average Bonchev–Trinajstić information content (AvgIpc) is 3.22. The molecular weight excluding hydrogens is 376 g/mol. The van der Waals surface area contributed by atoms with Crippen molar-refractivity contribution in [3.63, 3.8) is 0 Å². The van der Waals surface area contributed by atoms with Gasteiger partial charge < -0.3 is 13.9 Å². The Bertz CT molecular complexity index is 889. The second kappa shape index (κ2) is 8.44. The van der Waals surface area contributed by atoms with Gasteiger partial charge in [-0.1, -0.05) is 11.6 Å². The first-order chi connectivity index (χ1) is 12.6. The lowest BCUT2D eigenvalue weighted by atomic mass is 10.2. The number of halogens is 1. The van der Waals surface area contributed by atoms with Gasteiger partial charge in [-0.25, -0.2) is 4.98 Å². The number of thiophene rings is 1. The maximum atomic E-state index is 11.9. The van der Waals surface area contributed by atoms with Gasteiger partial charge in [0.1, 0.15) is 0 Å². The van der Waals surface area contributed by atoms with Gasteiger partial charge in [0.2, 0.25) is 5.89 Å². The summed E-state index contributed by atoms with van der Waals surface area (Å²) >= 11 is 7.39. The molecule has 0 atom stereocenters. The number of esters is 1. The van der Waals surface area contributed by atoms with Gasteiger partial charge >= 0.3 is 5.97 Å². The van der Waals surface area contributed by atoms with Gasteiger partial charge in [0.15, 0.2) is 5.76 Å². The molecule has 8 heteroatoms. The molecule has 0 aromatic carbocycles. The van der Waals surface area contributed by atoms with Crippen LogP contribution >= 0.6 is 22.9 Å². The fourth-order valence-corrected chi connectivity index (χ4v) is 3.40. The third-order valence-corrected chi connectivity index (χ3v) is 4.71. The van der Waals surface area contributed by atoms with Crippen LogP contribution in [0.15, 0.2) is 34.9 Å². The monoisotopic (exact) mass is 392 g/mol. The van der Waals surface area contributed by atoms with Crippen molar-refractivity contribution in [2.75, 3.05) is 13.7 Å². The van der Waals surface area contributed by atoms with Crippen LogP contribution in [0, 0.1) is 0 Å². The minimum atomic E-state index is -0.357. The van der Waals surface area contributed by atoms with Crippen LogP contribution in [0.5, 0.6) is 0 Å². The first-order valence-electron chi connectivity index (χ1n) is 7.96.